The highest BCUT2D eigenvalue weighted by Gasteiger charge is 2.45. The van der Waals surface area contributed by atoms with Gasteiger partial charge < -0.3 is 35.7 Å². The van der Waals surface area contributed by atoms with Crippen molar-refractivity contribution in [2.75, 3.05) is 64.3 Å². The highest BCUT2D eigenvalue weighted by Crippen LogP contribution is 2.41. The molecule has 15 nitrogen and oxygen atoms in total. The predicted molar refractivity (Wildman–Crippen MR) is 233 cm³/mol. The van der Waals surface area contributed by atoms with Gasteiger partial charge in [0.1, 0.15) is 25.1 Å². The number of fused-ring (bicyclic) bond motifs is 1. The zero-order valence-electron chi connectivity index (χ0n) is 36.4. The maximum Gasteiger partial charge on any atom is 0.264 e. The molecular formula is C45H63F2N11O4. The molecule has 2 aromatic rings. The average Bonchev–Trinajstić information content (AvgIpc) is 4.00. The minimum Gasteiger partial charge on any atom is -0.611 e. The number of nitrogens with zero attached hydrogens (tertiary/aromatic N) is 7. The third kappa shape index (κ3) is 8.97. The second-order valence-electron chi connectivity index (χ2n) is 18.2. The van der Waals surface area contributed by atoms with Gasteiger partial charge in [-0.05, 0) is 100 Å². The molecular weight excluding hydrogens is 797 g/mol. The number of alkyl halides is 2. The van der Waals surface area contributed by atoms with Gasteiger partial charge in [-0.2, -0.15) is 15.6 Å². The summed E-state index contributed by atoms with van der Waals surface area (Å²) in [6, 6.07) is 3.40. The van der Waals surface area contributed by atoms with Crippen molar-refractivity contribution >= 4 is 23.3 Å². The summed E-state index contributed by atoms with van der Waals surface area (Å²) in [6.07, 6.45) is 13.2. The van der Waals surface area contributed by atoms with Crippen molar-refractivity contribution in [3.8, 4) is 11.1 Å². The first-order valence-electron chi connectivity index (χ1n) is 22.5. The van der Waals surface area contributed by atoms with Gasteiger partial charge in [-0.15, -0.1) is 0 Å². The molecule has 2 fully saturated rings. The van der Waals surface area contributed by atoms with E-state index >= 15 is 0 Å². The van der Waals surface area contributed by atoms with Crippen LogP contribution in [0.15, 0.2) is 59.1 Å². The van der Waals surface area contributed by atoms with Gasteiger partial charge in [-0.3, -0.25) is 24.4 Å². The summed E-state index contributed by atoms with van der Waals surface area (Å²) in [7, 11) is 3.38. The van der Waals surface area contributed by atoms with Crippen molar-refractivity contribution in [1.82, 2.24) is 40.7 Å². The van der Waals surface area contributed by atoms with E-state index < -0.39 is 11.2 Å². The predicted octanol–water partition coefficient (Wildman–Crippen LogP) is 5.26. The third-order valence-corrected chi connectivity index (χ3v) is 14.1. The quantitative estimate of drug-likeness (QED) is 0.0556. The summed E-state index contributed by atoms with van der Waals surface area (Å²) in [5.41, 5.74) is 8.24. The van der Waals surface area contributed by atoms with Crippen LogP contribution in [0, 0.1) is 10.6 Å². The van der Waals surface area contributed by atoms with E-state index in [1.165, 1.54) is 11.1 Å². The molecule has 2 saturated heterocycles. The molecule has 6 aliphatic rings. The number of halogens is 2. The summed E-state index contributed by atoms with van der Waals surface area (Å²) >= 11 is 0. The Kier molecular flexibility index (Phi) is 13.0. The molecule has 5 aliphatic heterocycles. The lowest BCUT2D eigenvalue weighted by Gasteiger charge is -2.46. The van der Waals surface area contributed by atoms with Crippen LogP contribution in [0.3, 0.4) is 0 Å². The lowest BCUT2D eigenvalue weighted by molar-refractivity contribution is -0.918. The first kappa shape index (κ1) is 44.1. The minimum absolute atomic E-state index is 0.00543. The van der Waals surface area contributed by atoms with Crippen molar-refractivity contribution in [3.63, 3.8) is 0 Å². The van der Waals surface area contributed by atoms with E-state index in [9.17, 15) is 34.2 Å². The van der Waals surface area contributed by atoms with E-state index in [2.05, 4.69) is 34.2 Å². The van der Waals surface area contributed by atoms with Crippen LogP contribution in [0.4, 0.5) is 14.5 Å². The number of benzene rings is 1. The molecule has 2 amide bonds. The summed E-state index contributed by atoms with van der Waals surface area (Å²) in [4.78, 5) is 32.1. The van der Waals surface area contributed by atoms with Gasteiger partial charge in [0, 0.05) is 106 Å². The maximum atomic E-state index is 14.6. The highest BCUT2D eigenvalue weighted by molar-refractivity contribution is 6.09. The Balaban J connectivity index is 0.836. The first-order chi connectivity index (χ1) is 29.8. The largest absolute Gasteiger partial charge is 0.611 e. The molecule has 1 aromatic carbocycles. The Bertz CT molecular complexity index is 2130. The fourth-order valence-electron chi connectivity index (χ4n) is 10.4. The van der Waals surface area contributed by atoms with Gasteiger partial charge >= 0.3 is 0 Å². The number of piperidine rings is 1. The molecule has 5 N–H and O–H groups in total. The molecule has 8 rings (SSSR count). The summed E-state index contributed by atoms with van der Waals surface area (Å²) in [5.74, 6) is 0.309. The fraction of sp³-hybridized carbons (Fsp3) is 0.600. The number of likely N-dealkylation sites (tertiary alicyclic amines) is 1. The van der Waals surface area contributed by atoms with Gasteiger partial charge in [-0.1, -0.05) is 18.6 Å². The smallest absolute Gasteiger partial charge is 0.264 e. The van der Waals surface area contributed by atoms with E-state index in [1.807, 2.05) is 21.9 Å². The van der Waals surface area contributed by atoms with Crippen LogP contribution in [0.2, 0.25) is 0 Å². The lowest BCUT2D eigenvalue weighted by atomic mass is 9.82. The molecule has 1 aliphatic carbocycles. The molecule has 0 radical (unpaired) electrons. The van der Waals surface area contributed by atoms with Crippen molar-refractivity contribution in [2.45, 2.75) is 108 Å². The number of nitrogens with one attached hydrogen (secondary N) is 4. The number of quaternary nitrogens is 1. The number of aromatic nitrogens is 2. The standard InChI is InChI=1S/C45H63F2N11O4/c1-45(17-7-11-33-37(45)28-56(44(33)60)40-12-9-20-57(40)61)50-18-6-4-5-13-41(59)54-21-14-32(15-22-54)52-38-16-23-58(62,49-2)29-36(38)43(48)55-19-8-10-30-24-34(31-26-51-53(3)27-31)35(42(46)47)25-39(30)55/h7,11,24-27,32,40,42,48-50,52,61H,4-6,8-10,12-23,28-29H2,1-3H3. The van der Waals surface area contributed by atoms with Crippen LogP contribution in [0.1, 0.15) is 95.1 Å². The molecule has 3 unspecified atom stereocenters. The van der Waals surface area contributed by atoms with Gasteiger partial charge in [0.05, 0.1) is 11.8 Å². The Morgan fingerprint density at radius 1 is 1.11 bits per heavy atom. The number of hydrogen-bond acceptors (Lipinski definition) is 10. The molecule has 0 bridgehead atoms. The lowest BCUT2D eigenvalue weighted by Crippen LogP contribution is -2.58. The topological polar surface area (TPSA) is 168 Å². The fourth-order valence-corrected chi connectivity index (χ4v) is 10.4. The summed E-state index contributed by atoms with van der Waals surface area (Å²) in [6.45, 7) is 6.10. The molecule has 62 heavy (non-hydrogen) atoms. The van der Waals surface area contributed by atoms with Crippen molar-refractivity contribution in [1.29, 1.82) is 5.41 Å². The van der Waals surface area contributed by atoms with Gasteiger partial charge in [0.15, 0.2) is 0 Å². The minimum atomic E-state index is -2.72. The number of rotatable bonds is 14. The molecule has 0 spiro atoms. The van der Waals surface area contributed by atoms with E-state index in [1.54, 1.807) is 36.1 Å². The van der Waals surface area contributed by atoms with Crippen molar-refractivity contribution in [2.24, 2.45) is 7.05 Å². The van der Waals surface area contributed by atoms with Crippen molar-refractivity contribution < 1.29 is 28.3 Å². The first-order valence-corrected chi connectivity index (χ1v) is 22.5. The SMILES string of the molecule is CN[N+]1([O-])CCC(NC2CCN(C(=O)CCCCCNC3(C)CC=CC4=C3CN(C3CCCN3O)C4=O)CC2)=C(C(=N)N2CCCc3cc(-c4cnn(C)c4)c(C(F)F)cc32)C1. The number of amidine groups is 1. The van der Waals surface area contributed by atoms with Crippen LogP contribution in [-0.2, 0) is 23.1 Å². The Hall–Kier alpha value is -4.52. The number of hydrogen-bond donors (Lipinski definition) is 5. The zero-order chi connectivity index (χ0) is 43.8. The monoisotopic (exact) mass is 860 g/mol. The Morgan fingerprint density at radius 3 is 2.63 bits per heavy atom. The van der Waals surface area contributed by atoms with Gasteiger partial charge in [0.25, 0.3) is 12.3 Å². The van der Waals surface area contributed by atoms with Crippen LogP contribution in [-0.4, -0.2) is 129 Å². The van der Waals surface area contributed by atoms with Gasteiger partial charge in [0.2, 0.25) is 5.91 Å². The number of unbranched alkanes of at least 4 members (excludes halogenated alkanes) is 2. The Labute approximate surface area is 363 Å². The average molecular weight is 860 g/mol. The molecule has 336 valence electrons. The second-order valence-corrected chi connectivity index (χ2v) is 18.2. The van der Waals surface area contributed by atoms with E-state index in [4.69, 9.17) is 0 Å². The molecule has 3 atom stereocenters. The van der Waals surface area contributed by atoms with Crippen LogP contribution in [0.25, 0.3) is 11.1 Å². The van der Waals surface area contributed by atoms with E-state index in [-0.39, 0.29) is 47.5 Å². The number of aryl methyl sites for hydroxylation is 2. The molecule has 17 heteroatoms. The summed E-state index contributed by atoms with van der Waals surface area (Å²) < 4.78 is 30.1. The normalized spacial score (nSPS) is 26.0. The Morgan fingerprint density at radius 2 is 1.92 bits per heavy atom. The van der Waals surface area contributed by atoms with Crippen LogP contribution >= 0.6 is 0 Å². The number of carbonyl (C=O) groups excluding carboxylic acids is 2. The van der Waals surface area contributed by atoms with Gasteiger partial charge in [-0.25, -0.2) is 8.78 Å². The molecule has 1 aromatic heterocycles. The number of amides is 2. The number of hydroxylamine groups is 4. The maximum absolute atomic E-state index is 14.6. The number of anilines is 1. The van der Waals surface area contributed by atoms with Crippen LogP contribution < -0.4 is 21.0 Å². The third-order valence-electron chi connectivity index (χ3n) is 14.1. The number of carbonyl (C=O) groups is 2. The highest BCUT2D eigenvalue weighted by atomic mass is 19.3. The molecule has 6 heterocycles. The second kappa shape index (κ2) is 18.3. The van der Waals surface area contributed by atoms with Crippen LogP contribution in [0.5, 0.6) is 0 Å². The zero-order valence-corrected chi connectivity index (χ0v) is 36.4. The summed E-state index contributed by atoms with van der Waals surface area (Å²) in [5, 5.41) is 46.4. The van der Waals surface area contributed by atoms with E-state index in [0.29, 0.717) is 80.9 Å². The van der Waals surface area contributed by atoms with Crippen molar-refractivity contribution in [3.05, 3.63) is 75.4 Å². The molecule has 0 saturated carbocycles. The van der Waals surface area contributed by atoms with E-state index in [0.717, 1.165) is 86.7 Å².